The van der Waals surface area contributed by atoms with Crippen LogP contribution in [0.5, 0.6) is 0 Å². The first-order valence-corrected chi connectivity index (χ1v) is 8.45. The summed E-state index contributed by atoms with van der Waals surface area (Å²) in [6.45, 7) is 5.26. The number of rotatable bonds is 5. The van der Waals surface area contributed by atoms with E-state index in [2.05, 4.69) is 4.18 Å². The first-order valence-electron chi connectivity index (χ1n) is 7.05. The van der Waals surface area contributed by atoms with E-state index in [9.17, 15) is 26.4 Å². The number of halogens is 3. The second-order valence-corrected chi connectivity index (χ2v) is 7.26. The van der Waals surface area contributed by atoms with Crippen molar-refractivity contribution in [2.45, 2.75) is 51.1 Å². The van der Waals surface area contributed by atoms with Crippen LogP contribution in [-0.4, -0.2) is 43.6 Å². The molecule has 0 bridgehead atoms. The highest BCUT2D eigenvalue weighted by Gasteiger charge is 2.49. The van der Waals surface area contributed by atoms with E-state index in [0.29, 0.717) is 6.42 Å². The first kappa shape index (κ1) is 19.6. The Hall–Kier alpha value is -1.45. The lowest BCUT2D eigenvalue weighted by atomic mass is 9.94. The molecule has 0 saturated heterocycles. The summed E-state index contributed by atoms with van der Waals surface area (Å²) in [5, 5.41) is 0. The Labute approximate surface area is 133 Å². The minimum Gasteiger partial charge on any atom is -0.449 e. The summed E-state index contributed by atoms with van der Waals surface area (Å²) in [4.78, 5) is 13.3. The van der Waals surface area contributed by atoms with E-state index < -0.39 is 27.3 Å². The highest BCUT2D eigenvalue weighted by atomic mass is 32.2. The Morgan fingerprint density at radius 1 is 1.39 bits per heavy atom. The second-order valence-electron chi connectivity index (χ2n) is 5.72. The molecule has 1 aliphatic heterocycles. The number of carbonyl (C=O) groups excluding carboxylic acids is 1. The lowest BCUT2D eigenvalue weighted by molar-refractivity contribution is -0.0529. The molecule has 6 nitrogen and oxygen atoms in total. The summed E-state index contributed by atoms with van der Waals surface area (Å²) < 4.78 is 68.3. The first-order chi connectivity index (χ1) is 10.4. The highest BCUT2D eigenvalue weighted by molar-refractivity contribution is 7.87. The van der Waals surface area contributed by atoms with E-state index in [4.69, 9.17) is 4.74 Å². The standard InChI is InChI=1S/C13H20F3NO5S/c1-4-5-8-21-11(18)17-7-6-10(9-12(17,2)3)22-23(19,20)13(14,15)16/h6H,4-5,7-9H2,1-3H3. The van der Waals surface area contributed by atoms with Crippen LogP contribution in [0.15, 0.2) is 11.8 Å². The van der Waals surface area contributed by atoms with Gasteiger partial charge in [0.15, 0.2) is 0 Å². The predicted octanol–water partition coefficient (Wildman–Crippen LogP) is 3.16. The molecule has 0 aromatic carbocycles. The van der Waals surface area contributed by atoms with Gasteiger partial charge in [-0.1, -0.05) is 13.3 Å². The molecule has 134 valence electrons. The van der Waals surface area contributed by atoms with Crippen LogP contribution >= 0.6 is 0 Å². The van der Waals surface area contributed by atoms with Crippen molar-refractivity contribution in [3.05, 3.63) is 11.8 Å². The molecule has 0 fully saturated rings. The summed E-state index contributed by atoms with van der Waals surface area (Å²) in [7, 11) is -5.71. The Morgan fingerprint density at radius 2 is 2.00 bits per heavy atom. The smallest absolute Gasteiger partial charge is 0.449 e. The molecule has 0 aromatic heterocycles. The third-order valence-corrected chi connectivity index (χ3v) is 4.28. The zero-order chi connectivity index (χ0) is 17.9. The van der Waals surface area contributed by atoms with E-state index in [0.717, 1.165) is 12.5 Å². The van der Waals surface area contributed by atoms with Crippen LogP contribution in [-0.2, 0) is 19.0 Å². The van der Waals surface area contributed by atoms with E-state index in [1.807, 2.05) is 6.92 Å². The molecule has 0 aromatic rings. The predicted molar refractivity (Wildman–Crippen MR) is 75.8 cm³/mol. The van der Waals surface area contributed by atoms with E-state index >= 15 is 0 Å². The third kappa shape index (κ3) is 5.02. The molecule has 23 heavy (non-hydrogen) atoms. The fourth-order valence-corrected chi connectivity index (χ4v) is 2.49. The number of amides is 1. The van der Waals surface area contributed by atoms with Gasteiger partial charge in [0.05, 0.1) is 6.61 Å². The van der Waals surface area contributed by atoms with Gasteiger partial charge in [-0.05, 0) is 26.3 Å². The van der Waals surface area contributed by atoms with Crippen LogP contribution < -0.4 is 0 Å². The fourth-order valence-electron chi connectivity index (χ4n) is 1.99. The molecule has 1 heterocycles. The Morgan fingerprint density at radius 3 is 2.48 bits per heavy atom. The molecule has 0 atom stereocenters. The minimum atomic E-state index is -5.71. The van der Waals surface area contributed by atoms with Crippen molar-refractivity contribution in [1.82, 2.24) is 4.90 Å². The van der Waals surface area contributed by atoms with Gasteiger partial charge < -0.3 is 8.92 Å². The van der Waals surface area contributed by atoms with Crippen LogP contribution in [0.25, 0.3) is 0 Å². The largest absolute Gasteiger partial charge is 0.534 e. The maximum absolute atomic E-state index is 12.3. The zero-order valence-corrected chi connectivity index (χ0v) is 14.0. The molecule has 0 N–H and O–H groups in total. The van der Waals surface area contributed by atoms with Crippen LogP contribution in [0.4, 0.5) is 18.0 Å². The molecule has 1 amide bonds. The van der Waals surface area contributed by atoms with Crippen molar-refractivity contribution in [3.63, 3.8) is 0 Å². The molecule has 0 saturated carbocycles. The number of unbranched alkanes of at least 4 members (excludes halogenated alkanes) is 1. The Kier molecular flexibility index (Phi) is 5.95. The number of carbonyl (C=O) groups is 1. The molecular formula is C13H20F3NO5S. The lowest BCUT2D eigenvalue weighted by Crippen LogP contribution is -2.50. The SMILES string of the molecule is CCCCOC(=O)N1CC=C(OS(=O)(=O)C(F)(F)F)CC1(C)C. The van der Waals surface area contributed by atoms with E-state index in [1.54, 1.807) is 13.8 Å². The van der Waals surface area contributed by atoms with Crippen LogP contribution in [0.2, 0.25) is 0 Å². The maximum Gasteiger partial charge on any atom is 0.534 e. The van der Waals surface area contributed by atoms with Crippen molar-refractivity contribution in [2.75, 3.05) is 13.2 Å². The quantitative estimate of drug-likeness (QED) is 0.428. The van der Waals surface area contributed by atoms with Gasteiger partial charge in [0.25, 0.3) is 0 Å². The van der Waals surface area contributed by atoms with Gasteiger partial charge in [-0.25, -0.2) is 4.79 Å². The molecule has 10 heteroatoms. The Balaban J connectivity index is 2.80. The number of alkyl halides is 3. The van der Waals surface area contributed by atoms with Gasteiger partial charge in [0.2, 0.25) is 0 Å². The van der Waals surface area contributed by atoms with Crippen LogP contribution in [0.1, 0.15) is 40.0 Å². The fraction of sp³-hybridized carbons (Fsp3) is 0.769. The van der Waals surface area contributed by atoms with Crippen molar-refractivity contribution in [1.29, 1.82) is 0 Å². The molecule has 0 radical (unpaired) electrons. The van der Waals surface area contributed by atoms with Gasteiger partial charge >= 0.3 is 21.7 Å². The molecule has 0 spiro atoms. The molecule has 1 aliphatic rings. The zero-order valence-electron chi connectivity index (χ0n) is 13.1. The van der Waals surface area contributed by atoms with Gasteiger partial charge in [-0.2, -0.15) is 21.6 Å². The number of ether oxygens (including phenoxy) is 1. The average molecular weight is 359 g/mol. The van der Waals surface area contributed by atoms with E-state index in [1.165, 1.54) is 4.90 Å². The number of nitrogens with zero attached hydrogens (tertiary/aromatic N) is 1. The van der Waals surface area contributed by atoms with Gasteiger partial charge in [0, 0.05) is 18.5 Å². The second kappa shape index (κ2) is 6.98. The Bertz CT molecular complexity index is 569. The molecule has 0 unspecified atom stereocenters. The summed E-state index contributed by atoms with van der Waals surface area (Å²) in [6.07, 6.45) is 1.91. The van der Waals surface area contributed by atoms with Crippen molar-refractivity contribution < 1.29 is 35.3 Å². The highest BCUT2D eigenvalue weighted by Crippen LogP contribution is 2.33. The molecular weight excluding hydrogens is 339 g/mol. The summed E-state index contributed by atoms with van der Waals surface area (Å²) in [5.41, 5.74) is -6.43. The van der Waals surface area contributed by atoms with Crippen LogP contribution in [0, 0.1) is 0 Å². The average Bonchev–Trinajstić information content (AvgIpc) is 2.35. The normalized spacial score (nSPS) is 18.3. The molecule has 1 rings (SSSR count). The van der Waals surface area contributed by atoms with Crippen molar-refractivity contribution in [2.24, 2.45) is 0 Å². The summed E-state index contributed by atoms with van der Waals surface area (Å²) >= 11 is 0. The van der Waals surface area contributed by atoms with Gasteiger partial charge in [-0.3, -0.25) is 4.90 Å². The lowest BCUT2D eigenvalue weighted by Gasteiger charge is -2.40. The maximum atomic E-state index is 12.3. The number of hydrogen-bond donors (Lipinski definition) is 0. The minimum absolute atomic E-state index is 0.0966. The molecule has 0 aliphatic carbocycles. The van der Waals surface area contributed by atoms with Crippen molar-refractivity contribution in [3.8, 4) is 0 Å². The third-order valence-electron chi connectivity index (χ3n) is 3.28. The monoisotopic (exact) mass is 359 g/mol. The van der Waals surface area contributed by atoms with Crippen molar-refractivity contribution >= 4 is 16.2 Å². The van der Waals surface area contributed by atoms with Gasteiger partial charge in [-0.15, -0.1) is 0 Å². The number of hydrogen-bond acceptors (Lipinski definition) is 5. The van der Waals surface area contributed by atoms with E-state index in [-0.39, 0.29) is 25.3 Å². The topological polar surface area (TPSA) is 72.9 Å². The summed E-state index contributed by atoms with van der Waals surface area (Å²) in [6, 6.07) is 0. The van der Waals surface area contributed by atoms with Gasteiger partial charge in [0.1, 0.15) is 5.76 Å². The van der Waals surface area contributed by atoms with Crippen LogP contribution in [0.3, 0.4) is 0 Å². The summed E-state index contributed by atoms with van der Waals surface area (Å²) in [5.74, 6) is -0.343.